The first-order valence-corrected chi connectivity index (χ1v) is 6.80. The van der Waals surface area contributed by atoms with Crippen LogP contribution in [0, 0.1) is 0 Å². The molecule has 118 valence electrons. The average molecular weight is 293 g/mol. The van der Waals surface area contributed by atoms with E-state index >= 15 is 0 Å². The van der Waals surface area contributed by atoms with Gasteiger partial charge in [0.1, 0.15) is 24.4 Å². The Labute approximate surface area is 117 Å². The molecule has 8 atom stereocenters. The molecule has 0 amide bonds. The third-order valence-electron chi connectivity index (χ3n) is 3.82. The maximum Gasteiger partial charge on any atom is 0.187 e. The van der Waals surface area contributed by atoms with Gasteiger partial charge < -0.3 is 40.4 Å². The summed E-state index contributed by atoms with van der Waals surface area (Å²) < 4.78 is 16.3. The Kier molecular flexibility index (Phi) is 5.32. The SMILES string of the molecule is CC1OC(OC2C(O)CCOC2CN)C(O)C(O)C1O. The topological polar surface area (TPSA) is 135 Å². The highest BCUT2D eigenvalue weighted by atomic mass is 16.7. The number of aliphatic hydroxyl groups excluding tert-OH is 4. The van der Waals surface area contributed by atoms with E-state index in [0.717, 1.165) is 0 Å². The monoisotopic (exact) mass is 293 g/mol. The predicted octanol–water partition coefficient (Wildman–Crippen LogP) is -2.69. The van der Waals surface area contributed by atoms with Crippen molar-refractivity contribution < 1.29 is 34.6 Å². The summed E-state index contributed by atoms with van der Waals surface area (Å²) in [6, 6.07) is 0. The first-order valence-electron chi connectivity index (χ1n) is 6.80. The van der Waals surface area contributed by atoms with Crippen LogP contribution < -0.4 is 5.73 Å². The van der Waals surface area contributed by atoms with Crippen LogP contribution >= 0.6 is 0 Å². The molecule has 2 saturated heterocycles. The van der Waals surface area contributed by atoms with Gasteiger partial charge in [-0.15, -0.1) is 0 Å². The third kappa shape index (κ3) is 3.12. The molecule has 0 radical (unpaired) electrons. The molecule has 0 spiro atoms. The Hall–Kier alpha value is -0.320. The van der Waals surface area contributed by atoms with Crippen molar-refractivity contribution in [3.8, 4) is 0 Å². The van der Waals surface area contributed by atoms with E-state index in [1.807, 2.05) is 0 Å². The lowest BCUT2D eigenvalue weighted by molar-refractivity contribution is -0.323. The van der Waals surface area contributed by atoms with Gasteiger partial charge >= 0.3 is 0 Å². The molecule has 8 heteroatoms. The molecule has 2 rings (SSSR count). The second-order valence-electron chi connectivity index (χ2n) is 5.28. The Morgan fingerprint density at radius 1 is 1.15 bits per heavy atom. The maximum absolute atomic E-state index is 9.96. The predicted molar refractivity (Wildman–Crippen MR) is 66.6 cm³/mol. The first-order chi connectivity index (χ1) is 9.45. The van der Waals surface area contributed by atoms with Crippen LogP contribution in [0.3, 0.4) is 0 Å². The van der Waals surface area contributed by atoms with Crippen molar-refractivity contribution in [3.63, 3.8) is 0 Å². The van der Waals surface area contributed by atoms with E-state index in [4.69, 9.17) is 19.9 Å². The van der Waals surface area contributed by atoms with Gasteiger partial charge in [-0.05, 0) is 13.3 Å². The summed E-state index contributed by atoms with van der Waals surface area (Å²) in [4.78, 5) is 0. The molecule has 0 bridgehead atoms. The summed E-state index contributed by atoms with van der Waals surface area (Å²) in [7, 11) is 0. The highest BCUT2D eigenvalue weighted by Crippen LogP contribution is 2.26. The minimum Gasteiger partial charge on any atom is -0.390 e. The van der Waals surface area contributed by atoms with E-state index in [9.17, 15) is 20.4 Å². The first kappa shape index (κ1) is 16.1. The number of nitrogens with two attached hydrogens (primary N) is 1. The minimum atomic E-state index is -1.41. The van der Waals surface area contributed by atoms with E-state index in [2.05, 4.69) is 0 Å². The largest absolute Gasteiger partial charge is 0.390 e. The summed E-state index contributed by atoms with van der Waals surface area (Å²) in [6.07, 6.45) is -7.47. The molecule has 8 nitrogen and oxygen atoms in total. The second-order valence-corrected chi connectivity index (χ2v) is 5.28. The van der Waals surface area contributed by atoms with Gasteiger partial charge in [0, 0.05) is 13.2 Å². The van der Waals surface area contributed by atoms with E-state index in [1.165, 1.54) is 0 Å². The average Bonchev–Trinajstić information content (AvgIpc) is 2.44. The molecule has 8 unspecified atom stereocenters. The zero-order valence-electron chi connectivity index (χ0n) is 11.3. The van der Waals surface area contributed by atoms with Gasteiger partial charge in [-0.2, -0.15) is 0 Å². The van der Waals surface area contributed by atoms with E-state index in [-0.39, 0.29) is 6.54 Å². The van der Waals surface area contributed by atoms with Crippen molar-refractivity contribution in [2.45, 2.75) is 62.4 Å². The molecule has 2 fully saturated rings. The molecular formula is C12H23NO7. The standard InChI is InChI=1S/C12H23NO7/c1-5-8(15)9(16)10(17)12(19-5)20-11-6(14)2-3-18-7(11)4-13/h5-12,14-17H,2-4,13H2,1H3. The summed E-state index contributed by atoms with van der Waals surface area (Å²) in [6.45, 7) is 2.10. The molecule has 20 heavy (non-hydrogen) atoms. The second kappa shape index (κ2) is 6.63. The van der Waals surface area contributed by atoms with Gasteiger partial charge in [0.2, 0.25) is 0 Å². The number of aliphatic hydroxyl groups is 4. The fraction of sp³-hybridized carbons (Fsp3) is 1.00. The van der Waals surface area contributed by atoms with Crippen LogP contribution in [-0.2, 0) is 14.2 Å². The van der Waals surface area contributed by atoms with Crippen molar-refractivity contribution in [1.29, 1.82) is 0 Å². The molecule has 0 aromatic carbocycles. The Bertz CT molecular complexity index is 318. The number of hydrogen-bond donors (Lipinski definition) is 5. The van der Waals surface area contributed by atoms with E-state index in [0.29, 0.717) is 13.0 Å². The van der Waals surface area contributed by atoms with Gasteiger partial charge in [-0.25, -0.2) is 0 Å². The van der Waals surface area contributed by atoms with Gasteiger partial charge in [-0.1, -0.05) is 0 Å². The third-order valence-corrected chi connectivity index (χ3v) is 3.82. The summed E-state index contributed by atoms with van der Waals surface area (Å²) in [5.41, 5.74) is 5.56. The van der Waals surface area contributed by atoms with Gasteiger partial charge in [0.15, 0.2) is 6.29 Å². The molecule has 0 aliphatic carbocycles. The molecule has 0 aromatic heterocycles. The smallest absolute Gasteiger partial charge is 0.187 e. The molecule has 2 heterocycles. The summed E-state index contributed by atoms with van der Waals surface area (Å²) in [5, 5.41) is 39.2. The number of hydrogen-bond acceptors (Lipinski definition) is 8. The van der Waals surface area contributed by atoms with Crippen LogP contribution in [0.2, 0.25) is 0 Å². The van der Waals surface area contributed by atoms with Crippen molar-refractivity contribution in [1.82, 2.24) is 0 Å². The Morgan fingerprint density at radius 2 is 1.85 bits per heavy atom. The molecule has 2 aliphatic heterocycles. The zero-order chi connectivity index (χ0) is 14.9. The molecule has 6 N–H and O–H groups in total. The fourth-order valence-corrected chi connectivity index (χ4v) is 2.51. The lowest BCUT2D eigenvalue weighted by atomic mass is 9.98. The van der Waals surface area contributed by atoms with Crippen LogP contribution in [0.5, 0.6) is 0 Å². The van der Waals surface area contributed by atoms with Crippen molar-refractivity contribution in [2.24, 2.45) is 5.73 Å². The Morgan fingerprint density at radius 3 is 2.50 bits per heavy atom. The van der Waals surface area contributed by atoms with Gasteiger partial charge in [0.25, 0.3) is 0 Å². The highest BCUT2D eigenvalue weighted by Gasteiger charge is 2.45. The van der Waals surface area contributed by atoms with E-state index in [1.54, 1.807) is 6.92 Å². The van der Waals surface area contributed by atoms with Gasteiger partial charge in [0.05, 0.1) is 18.3 Å². The lowest BCUT2D eigenvalue weighted by Gasteiger charge is -2.43. The molecular weight excluding hydrogens is 270 g/mol. The normalized spacial score (nSPS) is 50.1. The lowest BCUT2D eigenvalue weighted by Crippen LogP contribution is -2.60. The molecule has 0 saturated carbocycles. The van der Waals surface area contributed by atoms with Gasteiger partial charge in [-0.3, -0.25) is 0 Å². The summed E-state index contributed by atoms with van der Waals surface area (Å²) in [5.74, 6) is 0. The van der Waals surface area contributed by atoms with Crippen molar-refractivity contribution in [2.75, 3.05) is 13.2 Å². The van der Waals surface area contributed by atoms with Crippen LogP contribution in [-0.4, -0.2) is 82.6 Å². The van der Waals surface area contributed by atoms with Crippen LogP contribution in [0.15, 0.2) is 0 Å². The number of rotatable bonds is 3. The zero-order valence-corrected chi connectivity index (χ0v) is 11.3. The molecule has 2 aliphatic rings. The number of ether oxygens (including phenoxy) is 3. The van der Waals surface area contributed by atoms with Crippen molar-refractivity contribution >= 4 is 0 Å². The fourth-order valence-electron chi connectivity index (χ4n) is 2.51. The highest BCUT2D eigenvalue weighted by molar-refractivity contribution is 4.90. The van der Waals surface area contributed by atoms with Crippen LogP contribution in [0.1, 0.15) is 13.3 Å². The summed E-state index contributed by atoms with van der Waals surface area (Å²) >= 11 is 0. The van der Waals surface area contributed by atoms with Crippen molar-refractivity contribution in [3.05, 3.63) is 0 Å². The van der Waals surface area contributed by atoms with Crippen LogP contribution in [0.4, 0.5) is 0 Å². The Balaban J connectivity index is 2.03. The van der Waals surface area contributed by atoms with Crippen LogP contribution in [0.25, 0.3) is 0 Å². The maximum atomic E-state index is 9.96. The molecule has 0 aromatic rings. The minimum absolute atomic E-state index is 0.158. The quantitative estimate of drug-likeness (QED) is 0.379. The van der Waals surface area contributed by atoms with E-state index < -0.39 is 49.0 Å².